The molecule has 1 heterocycles. The number of aromatic carboxylic acids is 1. The van der Waals surface area contributed by atoms with E-state index < -0.39 is 5.97 Å². The lowest BCUT2D eigenvalue weighted by Gasteiger charge is -2.06. The SMILES string of the molecule is N#Cc1ccccc1Nc1ccc(C(=O)O)cn1. The van der Waals surface area contributed by atoms with Crippen molar-refractivity contribution in [1.29, 1.82) is 5.26 Å². The van der Waals surface area contributed by atoms with Gasteiger partial charge in [-0.05, 0) is 24.3 Å². The molecule has 5 nitrogen and oxygen atoms in total. The van der Waals surface area contributed by atoms with Crippen LogP contribution >= 0.6 is 0 Å². The van der Waals surface area contributed by atoms with Crippen molar-refractivity contribution in [2.24, 2.45) is 0 Å². The Morgan fingerprint density at radius 3 is 2.67 bits per heavy atom. The lowest BCUT2D eigenvalue weighted by atomic mass is 10.2. The molecule has 1 aromatic carbocycles. The summed E-state index contributed by atoms with van der Waals surface area (Å²) in [5, 5.41) is 20.6. The summed E-state index contributed by atoms with van der Waals surface area (Å²) >= 11 is 0. The topological polar surface area (TPSA) is 86.0 Å². The smallest absolute Gasteiger partial charge is 0.337 e. The third-order valence-electron chi connectivity index (χ3n) is 2.32. The van der Waals surface area contributed by atoms with Crippen LogP contribution in [0.5, 0.6) is 0 Å². The van der Waals surface area contributed by atoms with E-state index in [1.807, 2.05) is 0 Å². The average molecular weight is 239 g/mol. The molecule has 0 bridgehead atoms. The molecule has 0 aliphatic rings. The van der Waals surface area contributed by atoms with E-state index in [1.54, 1.807) is 30.3 Å². The Bertz CT molecular complexity index is 615. The minimum absolute atomic E-state index is 0.120. The van der Waals surface area contributed by atoms with Gasteiger partial charge >= 0.3 is 5.97 Å². The van der Waals surface area contributed by atoms with Gasteiger partial charge in [-0.3, -0.25) is 0 Å². The Morgan fingerprint density at radius 1 is 1.28 bits per heavy atom. The molecule has 0 radical (unpaired) electrons. The van der Waals surface area contributed by atoms with E-state index >= 15 is 0 Å². The summed E-state index contributed by atoms with van der Waals surface area (Å²) in [7, 11) is 0. The van der Waals surface area contributed by atoms with E-state index in [-0.39, 0.29) is 5.56 Å². The largest absolute Gasteiger partial charge is 0.478 e. The van der Waals surface area contributed by atoms with Gasteiger partial charge in [0.1, 0.15) is 11.9 Å². The molecule has 2 N–H and O–H groups in total. The predicted molar refractivity (Wildman–Crippen MR) is 65.6 cm³/mol. The van der Waals surface area contributed by atoms with Gasteiger partial charge in [0.25, 0.3) is 0 Å². The fraction of sp³-hybridized carbons (Fsp3) is 0. The maximum Gasteiger partial charge on any atom is 0.337 e. The normalized spacial score (nSPS) is 9.50. The third kappa shape index (κ3) is 2.44. The van der Waals surface area contributed by atoms with Crippen LogP contribution in [0.4, 0.5) is 11.5 Å². The number of para-hydroxylation sites is 1. The second-order valence-electron chi connectivity index (χ2n) is 3.52. The summed E-state index contributed by atoms with van der Waals surface area (Å²) < 4.78 is 0. The fourth-order valence-corrected chi connectivity index (χ4v) is 1.42. The van der Waals surface area contributed by atoms with Crippen molar-refractivity contribution in [3.63, 3.8) is 0 Å². The zero-order valence-corrected chi connectivity index (χ0v) is 9.29. The van der Waals surface area contributed by atoms with Crippen molar-refractivity contribution in [1.82, 2.24) is 4.98 Å². The number of hydrogen-bond donors (Lipinski definition) is 2. The van der Waals surface area contributed by atoms with Crippen LogP contribution in [-0.2, 0) is 0 Å². The van der Waals surface area contributed by atoms with Gasteiger partial charge in [-0.1, -0.05) is 12.1 Å². The summed E-state index contributed by atoms with van der Waals surface area (Å²) in [4.78, 5) is 14.6. The molecule has 0 saturated heterocycles. The molecule has 0 saturated carbocycles. The molecule has 2 aromatic rings. The molecule has 0 fully saturated rings. The number of nitrogens with one attached hydrogen (secondary N) is 1. The molecule has 0 aliphatic heterocycles. The quantitative estimate of drug-likeness (QED) is 0.858. The summed E-state index contributed by atoms with van der Waals surface area (Å²) in [5.74, 6) is -0.533. The molecule has 0 atom stereocenters. The van der Waals surface area contributed by atoms with E-state index in [1.165, 1.54) is 12.3 Å². The lowest BCUT2D eigenvalue weighted by molar-refractivity contribution is 0.0696. The Balaban J connectivity index is 2.24. The number of nitrogens with zero attached hydrogens (tertiary/aromatic N) is 2. The van der Waals surface area contributed by atoms with E-state index in [9.17, 15) is 4.79 Å². The number of nitriles is 1. The molecule has 0 aliphatic carbocycles. The number of rotatable bonds is 3. The lowest BCUT2D eigenvalue weighted by Crippen LogP contribution is -2.00. The van der Waals surface area contributed by atoms with Crippen LogP contribution in [0.3, 0.4) is 0 Å². The van der Waals surface area contributed by atoms with Crippen molar-refractivity contribution in [3.05, 3.63) is 53.7 Å². The van der Waals surface area contributed by atoms with Crippen LogP contribution in [0.25, 0.3) is 0 Å². The second-order valence-corrected chi connectivity index (χ2v) is 3.52. The Kier molecular flexibility index (Phi) is 3.21. The molecule has 88 valence electrons. The number of hydrogen-bond acceptors (Lipinski definition) is 4. The number of carbonyl (C=O) groups is 1. The maximum absolute atomic E-state index is 10.7. The zero-order valence-electron chi connectivity index (χ0n) is 9.29. The van der Waals surface area contributed by atoms with Crippen molar-refractivity contribution >= 4 is 17.5 Å². The Morgan fingerprint density at radius 2 is 2.06 bits per heavy atom. The number of aromatic nitrogens is 1. The molecule has 18 heavy (non-hydrogen) atoms. The molecule has 2 rings (SSSR count). The third-order valence-corrected chi connectivity index (χ3v) is 2.32. The minimum atomic E-state index is -1.02. The monoisotopic (exact) mass is 239 g/mol. The van der Waals surface area contributed by atoms with Gasteiger partial charge in [0, 0.05) is 6.20 Å². The van der Waals surface area contributed by atoms with Crippen molar-refractivity contribution < 1.29 is 9.90 Å². The van der Waals surface area contributed by atoms with Gasteiger partial charge in [-0.25, -0.2) is 9.78 Å². The van der Waals surface area contributed by atoms with Crippen LogP contribution in [0.2, 0.25) is 0 Å². The van der Waals surface area contributed by atoms with Crippen LogP contribution in [0, 0.1) is 11.3 Å². The van der Waals surface area contributed by atoms with Gasteiger partial charge in [0.05, 0.1) is 16.8 Å². The summed E-state index contributed by atoms with van der Waals surface area (Å²) in [6.07, 6.45) is 1.26. The summed E-state index contributed by atoms with van der Waals surface area (Å²) in [6, 6.07) is 12.1. The fourth-order valence-electron chi connectivity index (χ4n) is 1.42. The molecule has 5 heteroatoms. The highest BCUT2D eigenvalue weighted by Gasteiger charge is 2.04. The molecule has 0 amide bonds. The van der Waals surface area contributed by atoms with Gasteiger partial charge in [-0.2, -0.15) is 5.26 Å². The highest BCUT2D eigenvalue weighted by molar-refractivity contribution is 5.87. The van der Waals surface area contributed by atoms with Gasteiger partial charge < -0.3 is 10.4 Å². The first-order valence-electron chi connectivity index (χ1n) is 5.16. The van der Waals surface area contributed by atoms with Crippen LogP contribution in [-0.4, -0.2) is 16.1 Å². The highest BCUT2D eigenvalue weighted by Crippen LogP contribution is 2.18. The van der Waals surface area contributed by atoms with Crippen LogP contribution in [0.1, 0.15) is 15.9 Å². The Labute approximate surface area is 103 Å². The van der Waals surface area contributed by atoms with E-state index in [0.717, 1.165) is 0 Å². The van der Waals surface area contributed by atoms with Crippen molar-refractivity contribution in [2.75, 3.05) is 5.32 Å². The zero-order chi connectivity index (χ0) is 13.0. The van der Waals surface area contributed by atoms with Crippen molar-refractivity contribution in [3.8, 4) is 6.07 Å². The number of anilines is 2. The summed E-state index contributed by atoms with van der Waals surface area (Å²) in [5.41, 5.74) is 1.26. The van der Waals surface area contributed by atoms with Gasteiger partial charge in [-0.15, -0.1) is 0 Å². The van der Waals surface area contributed by atoms with E-state index in [2.05, 4.69) is 16.4 Å². The molecular weight excluding hydrogens is 230 g/mol. The Hall–Kier alpha value is -2.87. The standard InChI is InChI=1S/C13H9N3O2/c14-7-9-3-1-2-4-11(9)16-12-6-5-10(8-15-12)13(17)18/h1-6,8H,(H,15,16)(H,17,18). The average Bonchev–Trinajstić information content (AvgIpc) is 2.40. The van der Waals surface area contributed by atoms with Crippen LogP contribution < -0.4 is 5.32 Å². The van der Waals surface area contributed by atoms with Gasteiger partial charge in [0.15, 0.2) is 0 Å². The van der Waals surface area contributed by atoms with E-state index in [4.69, 9.17) is 10.4 Å². The number of pyridine rings is 1. The second kappa shape index (κ2) is 4.97. The minimum Gasteiger partial charge on any atom is -0.478 e. The maximum atomic E-state index is 10.7. The van der Waals surface area contributed by atoms with Gasteiger partial charge in [0.2, 0.25) is 0 Å². The molecular formula is C13H9N3O2. The molecule has 0 unspecified atom stereocenters. The highest BCUT2D eigenvalue weighted by atomic mass is 16.4. The number of benzene rings is 1. The first-order chi connectivity index (χ1) is 8.70. The first-order valence-corrected chi connectivity index (χ1v) is 5.16. The predicted octanol–water partition coefficient (Wildman–Crippen LogP) is 2.40. The summed E-state index contributed by atoms with van der Waals surface area (Å²) in [6.45, 7) is 0. The number of carboxylic acid groups (broad SMARTS) is 1. The van der Waals surface area contributed by atoms with Crippen molar-refractivity contribution in [2.45, 2.75) is 0 Å². The van der Waals surface area contributed by atoms with E-state index in [0.29, 0.717) is 17.1 Å². The van der Waals surface area contributed by atoms with Crippen LogP contribution in [0.15, 0.2) is 42.6 Å². The first kappa shape index (κ1) is 11.6. The molecule has 1 aromatic heterocycles. The number of carboxylic acids is 1. The molecule has 0 spiro atoms.